The maximum absolute atomic E-state index is 5.66. The SMILES string of the molecule is CCCC1COC(C)(CC)OC1. The van der Waals surface area contributed by atoms with Crippen molar-refractivity contribution in [2.45, 2.75) is 45.8 Å². The smallest absolute Gasteiger partial charge is 0.165 e. The fourth-order valence-corrected chi connectivity index (χ4v) is 1.46. The van der Waals surface area contributed by atoms with E-state index in [0.717, 1.165) is 19.6 Å². The van der Waals surface area contributed by atoms with Gasteiger partial charge in [-0.15, -0.1) is 0 Å². The van der Waals surface area contributed by atoms with Gasteiger partial charge in [0.25, 0.3) is 0 Å². The summed E-state index contributed by atoms with van der Waals surface area (Å²) in [7, 11) is 0. The average Bonchev–Trinajstić information content (AvgIpc) is 2.10. The molecule has 0 spiro atoms. The zero-order chi connectivity index (χ0) is 9.03. The zero-order valence-corrected chi connectivity index (χ0v) is 8.43. The number of ether oxygens (including phenoxy) is 2. The van der Waals surface area contributed by atoms with Crippen LogP contribution in [0, 0.1) is 5.92 Å². The molecule has 0 aromatic rings. The Hall–Kier alpha value is -0.0800. The van der Waals surface area contributed by atoms with Crippen LogP contribution in [0.4, 0.5) is 0 Å². The predicted molar refractivity (Wildman–Crippen MR) is 49.0 cm³/mol. The van der Waals surface area contributed by atoms with Gasteiger partial charge in [-0.2, -0.15) is 0 Å². The summed E-state index contributed by atoms with van der Waals surface area (Å²) >= 11 is 0. The van der Waals surface area contributed by atoms with Crippen LogP contribution in [0.15, 0.2) is 0 Å². The molecule has 1 aliphatic heterocycles. The van der Waals surface area contributed by atoms with Gasteiger partial charge in [0.2, 0.25) is 0 Å². The fourth-order valence-electron chi connectivity index (χ4n) is 1.46. The molecule has 0 amide bonds. The molecule has 12 heavy (non-hydrogen) atoms. The van der Waals surface area contributed by atoms with Gasteiger partial charge >= 0.3 is 0 Å². The van der Waals surface area contributed by atoms with Gasteiger partial charge in [-0.1, -0.05) is 20.3 Å². The molecule has 1 fully saturated rings. The van der Waals surface area contributed by atoms with E-state index in [4.69, 9.17) is 9.47 Å². The predicted octanol–water partition coefficient (Wildman–Crippen LogP) is 2.58. The van der Waals surface area contributed by atoms with Gasteiger partial charge in [0.15, 0.2) is 5.79 Å². The third-order valence-electron chi connectivity index (χ3n) is 2.59. The highest BCUT2D eigenvalue weighted by Gasteiger charge is 2.30. The summed E-state index contributed by atoms with van der Waals surface area (Å²) < 4.78 is 11.3. The first-order valence-electron chi connectivity index (χ1n) is 4.98. The number of rotatable bonds is 3. The molecule has 0 aromatic carbocycles. The summed E-state index contributed by atoms with van der Waals surface area (Å²) in [6, 6.07) is 0. The van der Waals surface area contributed by atoms with Crippen LogP contribution in [0.1, 0.15) is 40.0 Å². The van der Waals surface area contributed by atoms with Crippen molar-refractivity contribution in [1.29, 1.82) is 0 Å². The van der Waals surface area contributed by atoms with Gasteiger partial charge in [0.1, 0.15) is 0 Å². The van der Waals surface area contributed by atoms with Crippen molar-refractivity contribution in [1.82, 2.24) is 0 Å². The van der Waals surface area contributed by atoms with E-state index in [-0.39, 0.29) is 5.79 Å². The molecule has 0 atom stereocenters. The molecule has 0 unspecified atom stereocenters. The van der Waals surface area contributed by atoms with E-state index >= 15 is 0 Å². The monoisotopic (exact) mass is 172 g/mol. The van der Waals surface area contributed by atoms with Gasteiger partial charge < -0.3 is 9.47 Å². The third kappa shape index (κ3) is 2.46. The fraction of sp³-hybridized carbons (Fsp3) is 1.00. The summed E-state index contributed by atoms with van der Waals surface area (Å²) in [6.45, 7) is 8.07. The van der Waals surface area contributed by atoms with Crippen LogP contribution in [-0.2, 0) is 9.47 Å². The third-order valence-corrected chi connectivity index (χ3v) is 2.59. The van der Waals surface area contributed by atoms with Crippen LogP contribution < -0.4 is 0 Å². The highest BCUT2D eigenvalue weighted by molar-refractivity contribution is 4.69. The summed E-state index contributed by atoms with van der Waals surface area (Å²) in [4.78, 5) is 0. The van der Waals surface area contributed by atoms with E-state index in [1.807, 2.05) is 6.92 Å². The Morgan fingerprint density at radius 1 is 1.25 bits per heavy atom. The van der Waals surface area contributed by atoms with Gasteiger partial charge in [0.05, 0.1) is 13.2 Å². The molecule has 1 aliphatic rings. The van der Waals surface area contributed by atoms with Crippen LogP contribution >= 0.6 is 0 Å². The lowest BCUT2D eigenvalue weighted by Crippen LogP contribution is -2.41. The quantitative estimate of drug-likeness (QED) is 0.651. The Labute approximate surface area is 75.2 Å². The maximum Gasteiger partial charge on any atom is 0.165 e. The number of hydrogen-bond acceptors (Lipinski definition) is 2. The Morgan fingerprint density at radius 2 is 1.83 bits per heavy atom. The van der Waals surface area contributed by atoms with Crippen molar-refractivity contribution in [3.63, 3.8) is 0 Å². The van der Waals surface area contributed by atoms with Crippen LogP contribution in [-0.4, -0.2) is 19.0 Å². The summed E-state index contributed by atoms with van der Waals surface area (Å²) in [5.74, 6) is 0.319. The Bertz CT molecular complexity index is 126. The van der Waals surface area contributed by atoms with Crippen LogP contribution in [0.5, 0.6) is 0 Å². The van der Waals surface area contributed by atoms with E-state index in [1.165, 1.54) is 12.8 Å². The lowest BCUT2D eigenvalue weighted by atomic mass is 10.0. The molecular weight excluding hydrogens is 152 g/mol. The molecule has 0 saturated carbocycles. The minimum Gasteiger partial charge on any atom is -0.350 e. The van der Waals surface area contributed by atoms with E-state index in [2.05, 4.69) is 13.8 Å². The lowest BCUT2D eigenvalue weighted by molar-refractivity contribution is -0.274. The first-order chi connectivity index (χ1) is 5.70. The second-order valence-electron chi connectivity index (χ2n) is 3.76. The van der Waals surface area contributed by atoms with Gasteiger partial charge in [0, 0.05) is 5.92 Å². The van der Waals surface area contributed by atoms with Gasteiger partial charge in [-0.3, -0.25) is 0 Å². The lowest BCUT2D eigenvalue weighted by Gasteiger charge is -2.37. The van der Waals surface area contributed by atoms with Gasteiger partial charge in [-0.05, 0) is 19.8 Å². The van der Waals surface area contributed by atoms with Crippen LogP contribution in [0.2, 0.25) is 0 Å². The van der Waals surface area contributed by atoms with Crippen molar-refractivity contribution in [2.24, 2.45) is 5.92 Å². The standard InChI is InChI=1S/C10H20O2/c1-4-6-9-7-11-10(3,5-2)12-8-9/h9H,4-8H2,1-3H3. The molecule has 1 rings (SSSR count). The molecule has 0 radical (unpaired) electrons. The van der Waals surface area contributed by atoms with Crippen molar-refractivity contribution < 1.29 is 9.47 Å². The van der Waals surface area contributed by atoms with Crippen molar-refractivity contribution in [3.05, 3.63) is 0 Å². The Morgan fingerprint density at radius 3 is 2.25 bits per heavy atom. The van der Waals surface area contributed by atoms with Crippen molar-refractivity contribution in [2.75, 3.05) is 13.2 Å². The highest BCUT2D eigenvalue weighted by Crippen LogP contribution is 2.25. The molecule has 0 N–H and O–H groups in total. The molecule has 1 saturated heterocycles. The maximum atomic E-state index is 5.66. The zero-order valence-electron chi connectivity index (χ0n) is 8.43. The minimum atomic E-state index is -0.301. The highest BCUT2D eigenvalue weighted by atomic mass is 16.7. The Balaban J connectivity index is 2.29. The normalized spacial score (nSPS) is 36.8. The van der Waals surface area contributed by atoms with Gasteiger partial charge in [-0.25, -0.2) is 0 Å². The van der Waals surface area contributed by atoms with E-state index < -0.39 is 0 Å². The second-order valence-corrected chi connectivity index (χ2v) is 3.76. The van der Waals surface area contributed by atoms with E-state index in [1.54, 1.807) is 0 Å². The molecule has 0 bridgehead atoms. The topological polar surface area (TPSA) is 18.5 Å². The number of hydrogen-bond donors (Lipinski definition) is 0. The molecule has 2 heteroatoms. The first-order valence-corrected chi connectivity index (χ1v) is 4.98. The summed E-state index contributed by atoms with van der Waals surface area (Å²) in [5.41, 5.74) is 0. The van der Waals surface area contributed by atoms with E-state index in [9.17, 15) is 0 Å². The summed E-state index contributed by atoms with van der Waals surface area (Å²) in [6.07, 6.45) is 3.38. The van der Waals surface area contributed by atoms with Crippen LogP contribution in [0.25, 0.3) is 0 Å². The second kappa shape index (κ2) is 4.24. The molecule has 0 aromatic heterocycles. The summed E-state index contributed by atoms with van der Waals surface area (Å²) in [5, 5.41) is 0. The molecule has 2 nitrogen and oxygen atoms in total. The molecular formula is C10H20O2. The minimum absolute atomic E-state index is 0.301. The van der Waals surface area contributed by atoms with Crippen LogP contribution in [0.3, 0.4) is 0 Å². The van der Waals surface area contributed by atoms with Crippen molar-refractivity contribution in [3.8, 4) is 0 Å². The van der Waals surface area contributed by atoms with Crippen molar-refractivity contribution >= 4 is 0 Å². The van der Waals surface area contributed by atoms with E-state index in [0.29, 0.717) is 5.92 Å². The largest absolute Gasteiger partial charge is 0.350 e. The molecule has 1 heterocycles. The Kier molecular flexibility index (Phi) is 3.53. The average molecular weight is 172 g/mol. The molecule has 0 aliphatic carbocycles. The molecule has 72 valence electrons. The first kappa shape index (κ1) is 10.0.